The Morgan fingerprint density at radius 2 is 2.04 bits per heavy atom. The number of nitro benzene ring substituents is 1. The van der Waals surface area contributed by atoms with Gasteiger partial charge in [0.15, 0.2) is 0 Å². The van der Waals surface area contributed by atoms with E-state index in [1.54, 1.807) is 6.07 Å². The minimum absolute atomic E-state index is 0.0630. The monoisotopic (exact) mass is 322 g/mol. The number of carbonyl (C=O) groups is 1. The first kappa shape index (κ1) is 18.9. The SMILES string of the molecule is Cc1ccc(NCCCNC(=O)[C@@H](N)CC(C)C)c([N+](=O)[O-])c1. The summed E-state index contributed by atoms with van der Waals surface area (Å²) in [7, 11) is 0. The molecule has 0 saturated heterocycles. The minimum Gasteiger partial charge on any atom is -0.379 e. The molecule has 1 atom stereocenters. The zero-order valence-electron chi connectivity index (χ0n) is 14.0. The molecule has 1 rings (SSSR count). The topological polar surface area (TPSA) is 110 Å². The molecule has 0 aliphatic rings. The summed E-state index contributed by atoms with van der Waals surface area (Å²) in [4.78, 5) is 22.4. The number of nitrogens with one attached hydrogen (secondary N) is 2. The van der Waals surface area contributed by atoms with Gasteiger partial charge in [-0.1, -0.05) is 19.9 Å². The number of nitrogens with zero attached hydrogens (tertiary/aromatic N) is 1. The van der Waals surface area contributed by atoms with E-state index in [9.17, 15) is 14.9 Å². The van der Waals surface area contributed by atoms with E-state index in [1.165, 1.54) is 6.07 Å². The highest BCUT2D eigenvalue weighted by molar-refractivity contribution is 5.81. The molecule has 0 unspecified atom stereocenters. The molecular weight excluding hydrogens is 296 g/mol. The van der Waals surface area contributed by atoms with Crippen LogP contribution in [0.3, 0.4) is 0 Å². The molecule has 0 spiro atoms. The maximum absolute atomic E-state index is 11.7. The predicted molar refractivity (Wildman–Crippen MR) is 91.4 cm³/mol. The van der Waals surface area contributed by atoms with Crippen molar-refractivity contribution in [3.05, 3.63) is 33.9 Å². The van der Waals surface area contributed by atoms with Gasteiger partial charge in [-0.05, 0) is 37.3 Å². The van der Waals surface area contributed by atoms with Crippen LogP contribution in [-0.2, 0) is 4.79 Å². The number of amides is 1. The molecule has 4 N–H and O–H groups in total. The molecule has 0 radical (unpaired) electrons. The fraction of sp³-hybridized carbons (Fsp3) is 0.562. The van der Waals surface area contributed by atoms with Crippen LogP contribution in [0.1, 0.15) is 32.3 Å². The molecule has 0 saturated carbocycles. The lowest BCUT2D eigenvalue weighted by Gasteiger charge is -2.14. The van der Waals surface area contributed by atoms with Crippen LogP contribution in [0.25, 0.3) is 0 Å². The van der Waals surface area contributed by atoms with Crippen molar-refractivity contribution in [2.24, 2.45) is 11.7 Å². The number of rotatable bonds is 9. The predicted octanol–water partition coefficient (Wildman–Crippen LogP) is 2.19. The molecule has 0 heterocycles. The standard InChI is InChI=1S/C16H26N4O3/c1-11(2)9-13(17)16(21)19-8-4-7-18-14-6-5-12(3)10-15(14)20(22)23/h5-6,10-11,13,18H,4,7-9,17H2,1-3H3,(H,19,21)/t13-/m0/s1. The van der Waals surface area contributed by atoms with Crippen LogP contribution in [0.2, 0.25) is 0 Å². The van der Waals surface area contributed by atoms with Gasteiger partial charge < -0.3 is 16.4 Å². The number of carbonyl (C=O) groups excluding carboxylic acids is 1. The Morgan fingerprint density at radius 1 is 1.35 bits per heavy atom. The van der Waals surface area contributed by atoms with Gasteiger partial charge in [0.2, 0.25) is 5.91 Å². The van der Waals surface area contributed by atoms with E-state index in [2.05, 4.69) is 10.6 Å². The van der Waals surface area contributed by atoms with Crippen molar-refractivity contribution in [2.75, 3.05) is 18.4 Å². The zero-order valence-corrected chi connectivity index (χ0v) is 14.0. The summed E-state index contributed by atoms with van der Waals surface area (Å²) in [6.45, 7) is 6.87. The van der Waals surface area contributed by atoms with Crippen molar-refractivity contribution in [1.82, 2.24) is 5.32 Å². The van der Waals surface area contributed by atoms with E-state index in [0.29, 0.717) is 37.5 Å². The molecule has 1 aromatic rings. The van der Waals surface area contributed by atoms with Gasteiger partial charge in [0, 0.05) is 19.2 Å². The van der Waals surface area contributed by atoms with Crippen molar-refractivity contribution in [2.45, 2.75) is 39.7 Å². The highest BCUT2D eigenvalue weighted by Gasteiger charge is 2.15. The van der Waals surface area contributed by atoms with Crippen molar-refractivity contribution in [3.63, 3.8) is 0 Å². The van der Waals surface area contributed by atoms with Crippen LogP contribution >= 0.6 is 0 Å². The molecular formula is C16H26N4O3. The molecule has 0 aromatic heterocycles. The van der Waals surface area contributed by atoms with Gasteiger partial charge in [0.05, 0.1) is 11.0 Å². The maximum atomic E-state index is 11.7. The van der Waals surface area contributed by atoms with Crippen LogP contribution in [0, 0.1) is 23.0 Å². The summed E-state index contributed by atoms with van der Waals surface area (Å²) in [6, 6.07) is 4.57. The van der Waals surface area contributed by atoms with E-state index < -0.39 is 11.0 Å². The minimum atomic E-state index is -0.485. The van der Waals surface area contributed by atoms with Crippen molar-refractivity contribution in [1.29, 1.82) is 0 Å². The maximum Gasteiger partial charge on any atom is 0.292 e. The van der Waals surface area contributed by atoms with Gasteiger partial charge in [-0.3, -0.25) is 14.9 Å². The van der Waals surface area contributed by atoms with E-state index in [-0.39, 0.29) is 11.6 Å². The second kappa shape index (κ2) is 9.09. The van der Waals surface area contributed by atoms with E-state index in [0.717, 1.165) is 5.56 Å². The Hall–Kier alpha value is -2.15. The highest BCUT2D eigenvalue weighted by Crippen LogP contribution is 2.25. The summed E-state index contributed by atoms with van der Waals surface area (Å²) in [5.74, 6) is 0.222. The lowest BCUT2D eigenvalue weighted by Crippen LogP contribution is -2.41. The Balaban J connectivity index is 2.36. The number of benzene rings is 1. The van der Waals surface area contributed by atoms with Gasteiger partial charge in [0.1, 0.15) is 5.69 Å². The summed E-state index contributed by atoms with van der Waals surface area (Å²) < 4.78 is 0. The third-order valence-electron chi connectivity index (χ3n) is 3.38. The van der Waals surface area contributed by atoms with Gasteiger partial charge in [-0.25, -0.2) is 0 Å². The third kappa shape index (κ3) is 6.65. The molecule has 23 heavy (non-hydrogen) atoms. The highest BCUT2D eigenvalue weighted by atomic mass is 16.6. The molecule has 0 aliphatic heterocycles. The van der Waals surface area contributed by atoms with Gasteiger partial charge in [0.25, 0.3) is 5.69 Å². The van der Waals surface area contributed by atoms with Gasteiger partial charge in [-0.15, -0.1) is 0 Å². The summed E-state index contributed by atoms with van der Waals surface area (Å²) in [5, 5.41) is 16.8. The Kier molecular flexibility index (Phi) is 7.47. The fourth-order valence-corrected chi connectivity index (χ4v) is 2.21. The second-order valence-electron chi connectivity index (χ2n) is 6.09. The van der Waals surface area contributed by atoms with Crippen LogP contribution < -0.4 is 16.4 Å². The molecule has 7 heteroatoms. The van der Waals surface area contributed by atoms with E-state index in [4.69, 9.17) is 5.73 Å². The van der Waals surface area contributed by atoms with Crippen molar-refractivity contribution >= 4 is 17.3 Å². The molecule has 0 bridgehead atoms. The number of nitrogens with two attached hydrogens (primary N) is 1. The smallest absolute Gasteiger partial charge is 0.292 e. The largest absolute Gasteiger partial charge is 0.379 e. The molecule has 0 fully saturated rings. The Labute approximate surface area is 136 Å². The number of anilines is 1. The first-order valence-corrected chi connectivity index (χ1v) is 7.83. The Morgan fingerprint density at radius 3 is 2.65 bits per heavy atom. The average molecular weight is 322 g/mol. The fourth-order valence-electron chi connectivity index (χ4n) is 2.21. The third-order valence-corrected chi connectivity index (χ3v) is 3.38. The van der Waals surface area contributed by atoms with Crippen molar-refractivity contribution in [3.8, 4) is 0 Å². The van der Waals surface area contributed by atoms with E-state index in [1.807, 2.05) is 26.8 Å². The molecule has 7 nitrogen and oxygen atoms in total. The van der Waals surface area contributed by atoms with Crippen LogP contribution in [-0.4, -0.2) is 30.0 Å². The average Bonchev–Trinajstić information content (AvgIpc) is 2.47. The number of hydrogen-bond acceptors (Lipinski definition) is 5. The first-order valence-electron chi connectivity index (χ1n) is 7.83. The van der Waals surface area contributed by atoms with Gasteiger partial charge in [-0.2, -0.15) is 0 Å². The van der Waals surface area contributed by atoms with E-state index >= 15 is 0 Å². The summed E-state index contributed by atoms with van der Waals surface area (Å²) >= 11 is 0. The van der Waals surface area contributed by atoms with Crippen LogP contribution in [0.15, 0.2) is 18.2 Å². The lowest BCUT2D eigenvalue weighted by atomic mass is 10.0. The molecule has 128 valence electrons. The molecule has 1 amide bonds. The number of hydrogen-bond donors (Lipinski definition) is 3. The molecule has 1 aromatic carbocycles. The van der Waals surface area contributed by atoms with Gasteiger partial charge >= 0.3 is 0 Å². The van der Waals surface area contributed by atoms with Crippen LogP contribution in [0.4, 0.5) is 11.4 Å². The second-order valence-corrected chi connectivity index (χ2v) is 6.09. The lowest BCUT2D eigenvalue weighted by molar-refractivity contribution is -0.384. The normalized spacial score (nSPS) is 12.0. The number of nitro groups is 1. The zero-order chi connectivity index (χ0) is 17.4. The van der Waals surface area contributed by atoms with Crippen LogP contribution in [0.5, 0.6) is 0 Å². The van der Waals surface area contributed by atoms with Crippen molar-refractivity contribution < 1.29 is 9.72 Å². The molecule has 0 aliphatic carbocycles. The number of aryl methyl sites for hydroxylation is 1. The first-order chi connectivity index (χ1) is 10.8. The summed E-state index contributed by atoms with van der Waals surface area (Å²) in [5.41, 5.74) is 7.18. The quantitative estimate of drug-likeness (QED) is 0.367. The summed E-state index contributed by atoms with van der Waals surface area (Å²) in [6.07, 6.45) is 1.31. The Bertz CT molecular complexity index is 546.